The summed E-state index contributed by atoms with van der Waals surface area (Å²) in [5, 5.41) is 6.47. The van der Waals surface area contributed by atoms with Crippen LogP contribution < -0.4 is 5.32 Å². The fraction of sp³-hybridized carbons (Fsp3) is 0.667. The first kappa shape index (κ1) is 13.5. The Morgan fingerprint density at radius 3 is 2.74 bits per heavy atom. The number of carbonyl (C=O) groups is 2. The molecule has 0 spiro atoms. The molecule has 1 fully saturated rings. The lowest BCUT2D eigenvalue weighted by Crippen LogP contribution is -2.62. The van der Waals surface area contributed by atoms with Crippen LogP contribution in [0.2, 0.25) is 0 Å². The summed E-state index contributed by atoms with van der Waals surface area (Å²) in [5.41, 5.74) is 0. The van der Waals surface area contributed by atoms with Crippen LogP contribution in [0.4, 0.5) is 0 Å². The summed E-state index contributed by atoms with van der Waals surface area (Å²) in [4.78, 5) is 29.7. The van der Waals surface area contributed by atoms with E-state index >= 15 is 0 Å². The van der Waals surface area contributed by atoms with Crippen LogP contribution in [0.25, 0.3) is 0 Å². The van der Waals surface area contributed by atoms with Crippen LogP contribution in [-0.2, 0) is 16.0 Å². The van der Waals surface area contributed by atoms with E-state index in [4.69, 9.17) is 4.52 Å². The predicted molar refractivity (Wildman–Crippen MR) is 66.1 cm³/mol. The van der Waals surface area contributed by atoms with Crippen molar-refractivity contribution < 1.29 is 14.1 Å². The molecule has 0 radical (unpaired) electrons. The highest BCUT2D eigenvalue weighted by atomic mass is 16.5. The minimum Gasteiger partial charge on any atom is -0.343 e. The van der Waals surface area contributed by atoms with Gasteiger partial charge in [0.1, 0.15) is 12.1 Å². The molecule has 1 aromatic rings. The van der Waals surface area contributed by atoms with E-state index in [2.05, 4.69) is 15.5 Å². The van der Waals surface area contributed by atoms with E-state index in [0.29, 0.717) is 31.1 Å². The Morgan fingerprint density at radius 2 is 2.16 bits per heavy atom. The topological polar surface area (TPSA) is 88.3 Å². The average molecular weight is 266 g/mol. The standard InChI is InChI=1S/C12H18N4O3/c1-4-9-11(17)13-7(2)12(18)16(9)6-5-10-14-8(3)19-15-10/h7,9H,4-6H2,1-3H3,(H,13,17). The van der Waals surface area contributed by atoms with E-state index in [1.54, 1.807) is 18.7 Å². The maximum absolute atomic E-state index is 12.1. The van der Waals surface area contributed by atoms with E-state index in [1.165, 1.54) is 0 Å². The lowest BCUT2D eigenvalue weighted by Gasteiger charge is -2.37. The van der Waals surface area contributed by atoms with Crippen LogP contribution >= 0.6 is 0 Å². The Kier molecular flexibility index (Phi) is 3.82. The molecule has 1 aliphatic rings. The van der Waals surface area contributed by atoms with Crippen LogP contribution in [0, 0.1) is 6.92 Å². The molecule has 1 aromatic heterocycles. The third kappa shape index (κ3) is 2.74. The molecule has 7 heteroatoms. The minimum absolute atomic E-state index is 0.0633. The third-order valence-electron chi connectivity index (χ3n) is 3.22. The van der Waals surface area contributed by atoms with Crippen molar-refractivity contribution >= 4 is 11.8 Å². The number of hydrogen-bond donors (Lipinski definition) is 1. The van der Waals surface area contributed by atoms with Crippen molar-refractivity contribution in [1.82, 2.24) is 20.4 Å². The largest absolute Gasteiger partial charge is 0.343 e. The fourth-order valence-corrected chi connectivity index (χ4v) is 2.25. The van der Waals surface area contributed by atoms with Crippen molar-refractivity contribution in [2.24, 2.45) is 0 Å². The van der Waals surface area contributed by atoms with E-state index < -0.39 is 12.1 Å². The Balaban J connectivity index is 2.06. The summed E-state index contributed by atoms with van der Waals surface area (Å²) in [6, 6.07) is -0.876. The summed E-state index contributed by atoms with van der Waals surface area (Å²) in [5.74, 6) is 0.891. The monoisotopic (exact) mass is 266 g/mol. The number of aryl methyl sites for hydroxylation is 1. The van der Waals surface area contributed by atoms with Gasteiger partial charge in [0.15, 0.2) is 5.82 Å². The quantitative estimate of drug-likeness (QED) is 0.831. The van der Waals surface area contributed by atoms with Gasteiger partial charge in [-0.2, -0.15) is 4.98 Å². The second kappa shape index (κ2) is 5.38. The van der Waals surface area contributed by atoms with Crippen molar-refractivity contribution in [2.45, 2.75) is 45.7 Å². The molecule has 0 aliphatic carbocycles. The highest BCUT2D eigenvalue weighted by Crippen LogP contribution is 2.13. The van der Waals surface area contributed by atoms with Crippen molar-refractivity contribution in [2.75, 3.05) is 6.54 Å². The number of carbonyl (C=O) groups excluding carboxylic acids is 2. The van der Waals surface area contributed by atoms with Gasteiger partial charge < -0.3 is 14.7 Å². The van der Waals surface area contributed by atoms with Crippen molar-refractivity contribution in [3.05, 3.63) is 11.7 Å². The summed E-state index contributed by atoms with van der Waals surface area (Å²) >= 11 is 0. The highest BCUT2D eigenvalue weighted by Gasteiger charge is 2.37. The Morgan fingerprint density at radius 1 is 1.42 bits per heavy atom. The van der Waals surface area contributed by atoms with Gasteiger partial charge in [0.25, 0.3) is 0 Å². The van der Waals surface area contributed by atoms with Gasteiger partial charge in [-0.25, -0.2) is 0 Å². The maximum Gasteiger partial charge on any atom is 0.245 e. The van der Waals surface area contributed by atoms with Crippen LogP contribution in [0.15, 0.2) is 4.52 Å². The van der Waals surface area contributed by atoms with Crippen LogP contribution in [0.3, 0.4) is 0 Å². The third-order valence-corrected chi connectivity index (χ3v) is 3.22. The van der Waals surface area contributed by atoms with Gasteiger partial charge >= 0.3 is 0 Å². The first-order chi connectivity index (χ1) is 9.02. The van der Waals surface area contributed by atoms with Crippen LogP contribution in [-0.4, -0.2) is 45.5 Å². The van der Waals surface area contributed by atoms with Gasteiger partial charge in [0.2, 0.25) is 17.7 Å². The summed E-state index contributed by atoms with van der Waals surface area (Å²) in [6.07, 6.45) is 1.08. The van der Waals surface area contributed by atoms with E-state index in [-0.39, 0.29) is 11.8 Å². The number of hydrogen-bond acceptors (Lipinski definition) is 5. The molecule has 2 rings (SSSR count). The summed E-state index contributed by atoms with van der Waals surface area (Å²) < 4.78 is 4.88. The smallest absolute Gasteiger partial charge is 0.245 e. The SMILES string of the molecule is CCC1C(=O)NC(C)C(=O)N1CCc1noc(C)n1. The number of nitrogens with one attached hydrogen (secondary N) is 1. The van der Waals surface area contributed by atoms with Gasteiger partial charge in [-0.3, -0.25) is 9.59 Å². The maximum atomic E-state index is 12.1. The van der Waals surface area contributed by atoms with Crippen molar-refractivity contribution in [3.8, 4) is 0 Å². The lowest BCUT2D eigenvalue weighted by molar-refractivity contribution is -0.148. The number of amides is 2. The Bertz CT molecular complexity index is 485. The molecule has 1 aliphatic heterocycles. The molecule has 1 N–H and O–H groups in total. The van der Waals surface area contributed by atoms with Crippen LogP contribution in [0.5, 0.6) is 0 Å². The zero-order chi connectivity index (χ0) is 14.0. The van der Waals surface area contributed by atoms with Crippen molar-refractivity contribution in [3.63, 3.8) is 0 Å². The van der Waals surface area contributed by atoms with Gasteiger partial charge in [-0.05, 0) is 13.3 Å². The molecule has 2 heterocycles. The van der Waals surface area contributed by atoms with E-state index in [1.807, 2.05) is 6.92 Å². The second-order valence-electron chi connectivity index (χ2n) is 4.67. The predicted octanol–water partition coefficient (Wildman–Crippen LogP) is 0.0460. The zero-order valence-corrected chi connectivity index (χ0v) is 11.3. The lowest BCUT2D eigenvalue weighted by atomic mass is 10.1. The molecule has 0 aromatic carbocycles. The Hall–Kier alpha value is -1.92. The molecular weight excluding hydrogens is 248 g/mol. The zero-order valence-electron chi connectivity index (χ0n) is 11.3. The molecule has 104 valence electrons. The first-order valence-electron chi connectivity index (χ1n) is 6.43. The average Bonchev–Trinajstić information content (AvgIpc) is 2.78. The molecule has 2 unspecified atom stereocenters. The molecular formula is C12H18N4O3. The molecule has 2 atom stereocenters. The fourth-order valence-electron chi connectivity index (χ4n) is 2.25. The summed E-state index contributed by atoms with van der Waals surface area (Å²) in [6.45, 7) is 5.72. The number of aromatic nitrogens is 2. The molecule has 1 saturated heterocycles. The van der Waals surface area contributed by atoms with E-state index in [9.17, 15) is 9.59 Å². The van der Waals surface area contributed by atoms with Crippen LogP contribution in [0.1, 0.15) is 32.0 Å². The number of piperazine rings is 1. The summed E-state index contributed by atoms with van der Waals surface area (Å²) in [7, 11) is 0. The normalized spacial score (nSPS) is 23.6. The van der Waals surface area contributed by atoms with Gasteiger partial charge in [-0.15, -0.1) is 0 Å². The minimum atomic E-state index is -0.470. The molecule has 0 bridgehead atoms. The Labute approximate surface area is 111 Å². The number of nitrogens with zero attached hydrogens (tertiary/aromatic N) is 3. The second-order valence-corrected chi connectivity index (χ2v) is 4.67. The highest BCUT2D eigenvalue weighted by molar-refractivity contribution is 5.96. The van der Waals surface area contributed by atoms with E-state index in [0.717, 1.165) is 0 Å². The van der Waals surface area contributed by atoms with Gasteiger partial charge in [0.05, 0.1) is 0 Å². The first-order valence-corrected chi connectivity index (χ1v) is 6.43. The van der Waals surface area contributed by atoms with Crippen molar-refractivity contribution in [1.29, 1.82) is 0 Å². The molecule has 0 saturated carbocycles. The molecule has 7 nitrogen and oxygen atoms in total. The molecule has 19 heavy (non-hydrogen) atoms. The van der Waals surface area contributed by atoms with Gasteiger partial charge in [0, 0.05) is 19.9 Å². The molecule has 2 amide bonds. The number of rotatable bonds is 4. The van der Waals surface area contributed by atoms with Gasteiger partial charge in [-0.1, -0.05) is 12.1 Å².